The van der Waals surface area contributed by atoms with Crippen molar-refractivity contribution in [2.45, 2.75) is 13.0 Å². The minimum atomic E-state index is -0.00731. The predicted molar refractivity (Wildman–Crippen MR) is 53.3 cm³/mol. The maximum absolute atomic E-state index is 11.8. The van der Waals surface area contributed by atoms with Crippen molar-refractivity contribution in [3.63, 3.8) is 0 Å². The van der Waals surface area contributed by atoms with Gasteiger partial charge < -0.3 is 10.2 Å². The lowest BCUT2D eigenvalue weighted by Gasteiger charge is -2.31. The van der Waals surface area contributed by atoms with Crippen molar-refractivity contribution < 1.29 is 4.79 Å². The molecule has 2 rings (SSSR count). The average molecular weight is 212 g/mol. The first kappa shape index (κ1) is 9.54. The lowest BCUT2D eigenvalue weighted by molar-refractivity contribution is 0.0703. The van der Waals surface area contributed by atoms with Gasteiger partial charge in [0, 0.05) is 31.1 Å². The largest absolute Gasteiger partial charge is 0.334 e. The second-order valence-electron chi connectivity index (χ2n) is 3.40. The summed E-state index contributed by atoms with van der Waals surface area (Å²) in [5.74, 6) is -0.00731. The Morgan fingerprint density at radius 1 is 1.79 bits per heavy atom. The van der Waals surface area contributed by atoms with E-state index in [0.717, 1.165) is 19.6 Å². The number of nitrogens with zero attached hydrogens (tertiary/aromatic N) is 3. The second-order valence-corrected chi connectivity index (χ2v) is 4.01. The Morgan fingerprint density at radius 2 is 2.64 bits per heavy atom. The molecule has 0 unspecified atom stereocenters. The standard InChI is InChI=1S/C8H12N4OS/c1-6-4-12(3-2-9-6)8(13)7-5-14-11-10-7/h5-6,9H,2-4H2,1H3/t6-/m0/s1. The predicted octanol–water partition coefficient (Wildman–Crippen LogP) is -0.0280. The molecule has 14 heavy (non-hydrogen) atoms. The van der Waals surface area contributed by atoms with Crippen LogP contribution in [0.25, 0.3) is 0 Å². The number of carbonyl (C=O) groups excluding carboxylic acids is 1. The van der Waals surface area contributed by atoms with Gasteiger partial charge in [-0.25, -0.2) is 0 Å². The Hall–Kier alpha value is -1.01. The van der Waals surface area contributed by atoms with Crippen molar-refractivity contribution in [1.29, 1.82) is 0 Å². The first-order chi connectivity index (χ1) is 6.77. The van der Waals surface area contributed by atoms with Crippen molar-refractivity contribution in [2.24, 2.45) is 0 Å². The van der Waals surface area contributed by atoms with E-state index in [0.29, 0.717) is 11.7 Å². The number of piperazine rings is 1. The molecule has 1 amide bonds. The van der Waals surface area contributed by atoms with Crippen LogP contribution in [0.2, 0.25) is 0 Å². The van der Waals surface area contributed by atoms with Crippen molar-refractivity contribution in [2.75, 3.05) is 19.6 Å². The third-order valence-corrected chi connectivity index (χ3v) is 2.74. The van der Waals surface area contributed by atoms with Gasteiger partial charge in [0.15, 0.2) is 5.69 Å². The number of nitrogens with one attached hydrogen (secondary N) is 1. The fourth-order valence-corrected chi connectivity index (χ4v) is 1.97. The van der Waals surface area contributed by atoms with Crippen LogP contribution >= 0.6 is 11.5 Å². The summed E-state index contributed by atoms with van der Waals surface area (Å²) in [6, 6.07) is 0.360. The molecule has 1 fully saturated rings. The van der Waals surface area contributed by atoms with Crippen LogP contribution in [0.4, 0.5) is 0 Å². The molecular formula is C8H12N4OS. The van der Waals surface area contributed by atoms with Gasteiger partial charge in [-0.3, -0.25) is 4.79 Å². The van der Waals surface area contributed by atoms with E-state index in [1.807, 2.05) is 4.90 Å². The van der Waals surface area contributed by atoms with Gasteiger partial charge in [-0.15, -0.1) is 5.10 Å². The van der Waals surface area contributed by atoms with Gasteiger partial charge in [0.1, 0.15) is 0 Å². The molecule has 1 aliphatic rings. The maximum atomic E-state index is 11.8. The minimum absolute atomic E-state index is 0.00731. The van der Waals surface area contributed by atoms with E-state index in [9.17, 15) is 4.79 Å². The molecule has 0 bridgehead atoms. The number of hydrogen-bond acceptors (Lipinski definition) is 5. The van der Waals surface area contributed by atoms with Crippen molar-refractivity contribution in [1.82, 2.24) is 19.8 Å². The maximum Gasteiger partial charge on any atom is 0.275 e. The van der Waals surface area contributed by atoms with Crippen LogP contribution in [0.3, 0.4) is 0 Å². The highest BCUT2D eigenvalue weighted by Crippen LogP contribution is 2.06. The minimum Gasteiger partial charge on any atom is -0.334 e. The Bertz CT molecular complexity index is 313. The van der Waals surface area contributed by atoms with Gasteiger partial charge in [-0.1, -0.05) is 4.49 Å². The zero-order valence-corrected chi connectivity index (χ0v) is 8.75. The Morgan fingerprint density at radius 3 is 3.29 bits per heavy atom. The van der Waals surface area contributed by atoms with E-state index < -0.39 is 0 Å². The molecule has 0 radical (unpaired) electrons. The van der Waals surface area contributed by atoms with Crippen LogP contribution in [0.15, 0.2) is 5.38 Å². The molecule has 6 heteroatoms. The first-order valence-electron chi connectivity index (χ1n) is 4.57. The average Bonchev–Trinajstić information content (AvgIpc) is 2.69. The fourth-order valence-electron chi connectivity index (χ4n) is 1.54. The summed E-state index contributed by atoms with van der Waals surface area (Å²) < 4.78 is 3.69. The van der Waals surface area contributed by atoms with Crippen LogP contribution < -0.4 is 5.32 Å². The van der Waals surface area contributed by atoms with E-state index in [1.54, 1.807) is 5.38 Å². The summed E-state index contributed by atoms with van der Waals surface area (Å²) in [5, 5.41) is 8.75. The molecule has 76 valence electrons. The van der Waals surface area contributed by atoms with E-state index in [2.05, 4.69) is 21.8 Å². The lowest BCUT2D eigenvalue weighted by Crippen LogP contribution is -2.51. The van der Waals surface area contributed by atoms with Gasteiger partial charge in [0.2, 0.25) is 0 Å². The summed E-state index contributed by atoms with van der Waals surface area (Å²) >= 11 is 1.21. The molecule has 1 atom stereocenters. The van der Waals surface area contributed by atoms with Gasteiger partial charge in [0.05, 0.1) is 0 Å². The topological polar surface area (TPSA) is 58.1 Å². The molecule has 5 nitrogen and oxygen atoms in total. The van der Waals surface area contributed by atoms with E-state index in [4.69, 9.17) is 0 Å². The molecule has 1 saturated heterocycles. The van der Waals surface area contributed by atoms with Gasteiger partial charge in [0.25, 0.3) is 5.91 Å². The summed E-state index contributed by atoms with van der Waals surface area (Å²) in [5.41, 5.74) is 0.462. The molecule has 2 heterocycles. The molecular weight excluding hydrogens is 200 g/mol. The number of rotatable bonds is 1. The van der Waals surface area contributed by atoms with E-state index in [-0.39, 0.29) is 5.91 Å². The first-order valence-corrected chi connectivity index (χ1v) is 5.41. The summed E-state index contributed by atoms with van der Waals surface area (Å²) in [4.78, 5) is 13.6. The van der Waals surface area contributed by atoms with Crippen molar-refractivity contribution in [3.8, 4) is 0 Å². The Kier molecular flexibility index (Phi) is 2.74. The normalized spacial score (nSPS) is 22.4. The number of amides is 1. The molecule has 1 N–H and O–H groups in total. The quantitative estimate of drug-likeness (QED) is 0.710. The van der Waals surface area contributed by atoms with E-state index >= 15 is 0 Å². The summed E-state index contributed by atoms with van der Waals surface area (Å²) in [6.07, 6.45) is 0. The Labute approximate surface area is 86.3 Å². The van der Waals surface area contributed by atoms with Crippen LogP contribution in [0, 0.1) is 0 Å². The summed E-state index contributed by atoms with van der Waals surface area (Å²) in [7, 11) is 0. The van der Waals surface area contributed by atoms with Crippen LogP contribution in [0.1, 0.15) is 17.4 Å². The Balaban J connectivity index is 2.04. The van der Waals surface area contributed by atoms with Crippen LogP contribution in [0.5, 0.6) is 0 Å². The van der Waals surface area contributed by atoms with Crippen LogP contribution in [-0.2, 0) is 0 Å². The zero-order valence-electron chi connectivity index (χ0n) is 7.93. The highest BCUT2D eigenvalue weighted by atomic mass is 32.1. The van der Waals surface area contributed by atoms with Gasteiger partial charge in [-0.2, -0.15) is 0 Å². The molecule has 1 aliphatic heterocycles. The third kappa shape index (κ3) is 1.91. The zero-order chi connectivity index (χ0) is 9.97. The van der Waals surface area contributed by atoms with Gasteiger partial charge in [-0.05, 0) is 18.5 Å². The highest BCUT2D eigenvalue weighted by molar-refractivity contribution is 7.03. The van der Waals surface area contributed by atoms with E-state index in [1.165, 1.54) is 11.5 Å². The second kappa shape index (κ2) is 4.02. The van der Waals surface area contributed by atoms with Crippen LogP contribution in [-0.4, -0.2) is 46.1 Å². The molecule has 0 aromatic carbocycles. The highest BCUT2D eigenvalue weighted by Gasteiger charge is 2.22. The molecule has 0 saturated carbocycles. The van der Waals surface area contributed by atoms with Crippen molar-refractivity contribution in [3.05, 3.63) is 11.1 Å². The fraction of sp³-hybridized carbons (Fsp3) is 0.625. The number of carbonyl (C=O) groups is 1. The molecule has 0 spiro atoms. The summed E-state index contributed by atoms with van der Waals surface area (Å²) in [6.45, 7) is 4.42. The number of aromatic nitrogens is 2. The third-order valence-electron chi connectivity index (χ3n) is 2.24. The smallest absolute Gasteiger partial charge is 0.275 e. The lowest BCUT2D eigenvalue weighted by atomic mass is 10.2. The molecule has 0 aliphatic carbocycles. The molecule has 1 aromatic heterocycles. The van der Waals surface area contributed by atoms with Crippen molar-refractivity contribution >= 4 is 17.4 Å². The van der Waals surface area contributed by atoms with Gasteiger partial charge >= 0.3 is 0 Å². The monoisotopic (exact) mass is 212 g/mol. The SMILES string of the molecule is C[C@H]1CN(C(=O)c2csnn2)CCN1. The number of hydrogen-bond donors (Lipinski definition) is 1. The molecule has 1 aromatic rings.